The molecule has 0 bridgehead atoms. The normalized spacial score (nSPS) is 10.6. The van der Waals surface area contributed by atoms with Gasteiger partial charge in [0.25, 0.3) is 0 Å². The summed E-state index contributed by atoms with van der Waals surface area (Å²) < 4.78 is 6.41. The van der Waals surface area contributed by atoms with Crippen LogP contribution < -0.4 is 10.2 Å². The molecule has 0 amide bonds. The zero-order valence-corrected chi connectivity index (χ0v) is 14.3. The second kappa shape index (κ2) is 6.98. The van der Waals surface area contributed by atoms with Crippen LogP contribution in [0.1, 0.15) is 5.56 Å². The Labute approximate surface area is 143 Å². The first-order chi connectivity index (χ1) is 10.8. The van der Waals surface area contributed by atoms with Gasteiger partial charge in [0, 0.05) is 8.96 Å². The van der Waals surface area contributed by atoms with Crippen LogP contribution in [0, 0.1) is 3.57 Å². The zero-order valence-electron chi connectivity index (χ0n) is 12.2. The molecule has 112 valence electrons. The average Bonchev–Trinajstić information content (AvgIpc) is 2.58. The first-order valence-electron chi connectivity index (χ1n) is 6.96. The number of hydrogen-bond acceptors (Lipinski definition) is 3. The van der Waals surface area contributed by atoms with Crippen molar-refractivity contribution < 1.29 is 9.57 Å². The van der Waals surface area contributed by atoms with E-state index in [1.54, 1.807) is 7.11 Å². The number of benzene rings is 3. The van der Waals surface area contributed by atoms with Crippen molar-refractivity contribution in [1.29, 1.82) is 0 Å². The molecule has 0 aromatic heterocycles. The molecule has 3 rings (SSSR count). The van der Waals surface area contributed by atoms with E-state index in [9.17, 15) is 0 Å². The highest BCUT2D eigenvalue weighted by Gasteiger charge is 2.06. The van der Waals surface area contributed by atoms with Gasteiger partial charge in [-0.25, -0.2) is 0 Å². The highest BCUT2D eigenvalue weighted by atomic mass is 127. The molecule has 0 aliphatic carbocycles. The SMILES string of the molecule is COc1ccc2ccc(NOCc3ccccc3)c(I)c2c1. The van der Waals surface area contributed by atoms with Crippen LogP contribution in [0.5, 0.6) is 5.75 Å². The van der Waals surface area contributed by atoms with Crippen LogP contribution in [-0.4, -0.2) is 7.11 Å². The van der Waals surface area contributed by atoms with E-state index in [1.807, 2.05) is 48.5 Å². The smallest absolute Gasteiger partial charge is 0.119 e. The first kappa shape index (κ1) is 15.1. The molecular weight excluding hydrogens is 389 g/mol. The quantitative estimate of drug-likeness (QED) is 0.479. The van der Waals surface area contributed by atoms with Crippen molar-refractivity contribution >= 4 is 39.1 Å². The minimum Gasteiger partial charge on any atom is -0.497 e. The van der Waals surface area contributed by atoms with Crippen molar-refractivity contribution in [2.24, 2.45) is 0 Å². The summed E-state index contributed by atoms with van der Waals surface area (Å²) in [6.07, 6.45) is 0. The summed E-state index contributed by atoms with van der Waals surface area (Å²) in [4.78, 5) is 5.61. The van der Waals surface area contributed by atoms with Crippen molar-refractivity contribution in [2.75, 3.05) is 12.6 Å². The highest BCUT2D eigenvalue weighted by Crippen LogP contribution is 2.30. The number of anilines is 1. The Balaban J connectivity index is 1.77. The second-order valence-electron chi connectivity index (χ2n) is 4.89. The Morgan fingerprint density at radius 2 is 1.77 bits per heavy atom. The largest absolute Gasteiger partial charge is 0.497 e. The van der Waals surface area contributed by atoms with Crippen LogP contribution >= 0.6 is 22.6 Å². The molecule has 0 aliphatic heterocycles. The van der Waals surface area contributed by atoms with Gasteiger partial charge in [-0.15, -0.1) is 0 Å². The summed E-state index contributed by atoms with van der Waals surface area (Å²) in [5, 5.41) is 2.33. The fraction of sp³-hybridized carbons (Fsp3) is 0.111. The number of ether oxygens (including phenoxy) is 1. The van der Waals surface area contributed by atoms with Crippen molar-refractivity contribution in [3.8, 4) is 5.75 Å². The lowest BCUT2D eigenvalue weighted by molar-refractivity contribution is 0.180. The van der Waals surface area contributed by atoms with Gasteiger partial charge in [0.15, 0.2) is 0 Å². The summed E-state index contributed by atoms with van der Waals surface area (Å²) in [5.74, 6) is 0.854. The van der Waals surface area contributed by atoms with E-state index in [1.165, 1.54) is 5.39 Å². The van der Waals surface area contributed by atoms with E-state index in [2.05, 4.69) is 40.2 Å². The molecule has 3 aromatic carbocycles. The maximum absolute atomic E-state index is 5.61. The fourth-order valence-electron chi connectivity index (χ4n) is 2.24. The van der Waals surface area contributed by atoms with E-state index in [0.717, 1.165) is 26.0 Å². The summed E-state index contributed by atoms with van der Waals surface area (Å²) in [6.45, 7) is 0.521. The van der Waals surface area contributed by atoms with E-state index in [-0.39, 0.29) is 0 Å². The third-order valence-corrected chi connectivity index (χ3v) is 4.59. The monoisotopic (exact) mass is 405 g/mol. The molecule has 0 heterocycles. The lowest BCUT2D eigenvalue weighted by Gasteiger charge is -2.12. The summed E-state index contributed by atoms with van der Waals surface area (Å²) in [7, 11) is 1.68. The van der Waals surface area contributed by atoms with Gasteiger partial charge in [0.05, 0.1) is 19.4 Å². The van der Waals surface area contributed by atoms with Crippen LogP contribution in [0.15, 0.2) is 60.7 Å². The van der Waals surface area contributed by atoms with Crippen molar-refractivity contribution in [2.45, 2.75) is 6.61 Å². The molecule has 1 N–H and O–H groups in total. The molecule has 0 fully saturated rings. The van der Waals surface area contributed by atoms with E-state index in [4.69, 9.17) is 9.57 Å². The number of hydrogen-bond donors (Lipinski definition) is 1. The van der Waals surface area contributed by atoms with Gasteiger partial charge in [-0.2, -0.15) is 0 Å². The van der Waals surface area contributed by atoms with Crippen molar-refractivity contribution in [3.63, 3.8) is 0 Å². The number of rotatable bonds is 5. The third-order valence-electron chi connectivity index (χ3n) is 3.43. The summed E-state index contributed by atoms with van der Waals surface area (Å²) >= 11 is 2.33. The number of fused-ring (bicyclic) bond motifs is 1. The maximum Gasteiger partial charge on any atom is 0.119 e. The highest BCUT2D eigenvalue weighted by molar-refractivity contribution is 14.1. The minimum atomic E-state index is 0.521. The predicted octanol–water partition coefficient (Wildman–Crippen LogP) is 5.00. The molecule has 4 heteroatoms. The van der Waals surface area contributed by atoms with Crippen LogP contribution in [-0.2, 0) is 11.4 Å². The Kier molecular flexibility index (Phi) is 4.80. The molecule has 3 aromatic rings. The topological polar surface area (TPSA) is 30.5 Å². The molecule has 0 aliphatic rings. The molecule has 0 atom stereocenters. The predicted molar refractivity (Wildman–Crippen MR) is 98.1 cm³/mol. The van der Waals surface area contributed by atoms with Crippen molar-refractivity contribution in [3.05, 3.63) is 69.8 Å². The fourth-order valence-corrected chi connectivity index (χ4v) is 3.00. The first-order valence-corrected chi connectivity index (χ1v) is 8.04. The van der Waals surface area contributed by atoms with Crippen LogP contribution in [0.3, 0.4) is 0 Å². The summed E-state index contributed by atoms with van der Waals surface area (Å²) in [5.41, 5.74) is 5.13. The molecule has 0 saturated heterocycles. The standard InChI is InChI=1S/C18H16INO2/c1-21-15-9-7-14-8-10-17(18(19)16(14)11-15)20-22-12-13-5-3-2-4-6-13/h2-11,20H,12H2,1H3. The van der Waals surface area contributed by atoms with E-state index < -0.39 is 0 Å². The molecule has 22 heavy (non-hydrogen) atoms. The van der Waals surface area contributed by atoms with Crippen LogP contribution in [0.25, 0.3) is 10.8 Å². The second-order valence-corrected chi connectivity index (χ2v) is 5.97. The van der Waals surface area contributed by atoms with Gasteiger partial charge in [0.2, 0.25) is 0 Å². The van der Waals surface area contributed by atoms with Gasteiger partial charge in [0.1, 0.15) is 5.75 Å². The molecule has 0 spiro atoms. The Bertz CT molecular complexity index is 775. The molecule has 0 saturated carbocycles. The van der Waals surface area contributed by atoms with Gasteiger partial charge >= 0.3 is 0 Å². The van der Waals surface area contributed by atoms with Crippen LogP contribution in [0.2, 0.25) is 0 Å². The zero-order chi connectivity index (χ0) is 15.4. The van der Waals surface area contributed by atoms with E-state index >= 15 is 0 Å². The molecule has 3 nitrogen and oxygen atoms in total. The van der Waals surface area contributed by atoms with Gasteiger partial charge in [-0.1, -0.05) is 42.5 Å². The lowest BCUT2D eigenvalue weighted by Crippen LogP contribution is -2.03. The van der Waals surface area contributed by atoms with Gasteiger partial charge in [-0.3, -0.25) is 10.3 Å². The average molecular weight is 405 g/mol. The molecule has 0 unspecified atom stereocenters. The van der Waals surface area contributed by atoms with Gasteiger partial charge in [-0.05, 0) is 51.7 Å². The van der Waals surface area contributed by atoms with Crippen LogP contribution in [0.4, 0.5) is 5.69 Å². The molecular formula is C18H16INO2. The Morgan fingerprint density at radius 3 is 2.55 bits per heavy atom. The Morgan fingerprint density at radius 1 is 1.00 bits per heavy atom. The molecule has 0 radical (unpaired) electrons. The Hall–Kier alpha value is -1.79. The number of nitrogens with one attached hydrogen (secondary N) is 1. The van der Waals surface area contributed by atoms with Crippen molar-refractivity contribution in [1.82, 2.24) is 0 Å². The van der Waals surface area contributed by atoms with Gasteiger partial charge < -0.3 is 4.74 Å². The van der Waals surface area contributed by atoms with E-state index in [0.29, 0.717) is 6.61 Å². The minimum absolute atomic E-state index is 0.521. The third kappa shape index (κ3) is 3.34. The number of methoxy groups -OCH3 is 1. The maximum atomic E-state index is 5.61. The lowest BCUT2D eigenvalue weighted by atomic mass is 10.1. The summed E-state index contributed by atoms with van der Waals surface area (Å²) in [6, 6.07) is 20.3. The number of halogens is 1.